The van der Waals surface area contributed by atoms with Gasteiger partial charge in [0, 0.05) is 16.9 Å². The molecule has 0 bridgehead atoms. The Hall–Kier alpha value is -1.07. The van der Waals surface area contributed by atoms with Gasteiger partial charge in [0.2, 0.25) is 0 Å². The molecule has 2 aromatic rings. The Morgan fingerprint density at radius 1 is 1.35 bits per heavy atom. The number of hydrogen-bond donors (Lipinski definition) is 1. The number of nitrogens with zero attached hydrogens (tertiary/aromatic N) is 2. The number of rotatable bonds is 4. The highest BCUT2D eigenvalue weighted by Crippen LogP contribution is 2.38. The molecule has 1 aromatic carbocycles. The quantitative estimate of drug-likeness (QED) is 0.847. The van der Waals surface area contributed by atoms with E-state index in [9.17, 15) is 0 Å². The third-order valence-electron chi connectivity index (χ3n) is 3.86. The predicted octanol–water partition coefficient (Wildman–Crippen LogP) is 4.45. The van der Waals surface area contributed by atoms with Crippen molar-refractivity contribution in [3.05, 3.63) is 35.1 Å². The maximum Gasteiger partial charge on any atom is 0.195 e. The molecular weight excluding hydrogens is 286 g/mol. The lowest BCUT2D eigenvalue weighted by Gasteiger charge is -2.15. The summed E-state index contributed by atoms with van der Waals surface area (Å²) >= 11 is 7.52. The largest absolute Gasteiger partial charge is 0.297 e. The molecule has 0 radical (unpaired) electrons. The topological polar surface area (TPSA) is 33.6 Å². The Labute approximate surface area is 128 Å². The summed E-state index contributed by atoms with van der Waals surface area (Å²) in [7, 11) is 0. The van der Waals surface area contributed by atoms with Gasteiger partial charge < -0.3 is 0 Å². The smallest absolute Gasteiger partial charge is 0.195 e. The van der Waals surface area contributed by atoms with Crippen molar-refractivity contribution >= 4 is 24.0 Å². The molecule has 1 fully saturated rings. The molecule has 1 N–H and O–H groups in total. The van der Waals surface area contributed by atoms with E-state index < -0.39 is 0 Å². The Morgan fingerprint density at radius 2 is 2.15 bits per heavy atom. The van der Waals surface area contributed by atoms with Crippen LogP contribution in [0, 0.1) is 4.77 Å². The van der Waals surface area contributed by atoms with Gasteiger partial charge >= 0.3 is 0 Å². The molecule has 1 aromatic heterocycles. The molecule has 1 aliphatic carbocycles. The van der Waals surface area contributed by atoms with Crippen molar-refractivity contribution < 1.29 is 0 Å². The van der Waals surface area contributed by atoms with Crippen molar-refractivity contribution in [2.45, 2.75) is 37.5 Å². The van der Waals surface area contributed by atoms with Gasteiger partial charge in [-0.1, -0.05) is 37.3 Å². The standard InChI is InChI=1S/C15H19N3S2/c1-2-20-13-9-8-12(10-13)18-14(16-17-15(18)19)11-6-4-3-5-7-11/h3-7,12-13H,2,8-10H2,1H3,(H,17,19). The van der Waals surface area contributed by atoms with Crippen LogP contribution in [0.5, 0.6) is 0 Å². The minimum absolute atomic E-state index is 0.487. The van der Waals surface area contributed by atoms with Crippen LogP contribution in [0.2, 0.25) is 0 Å². The van der Waals surface area contributed by atoms with Crippen molar-refractivity contribution in [1.82, 2.24) is 14.8 Å². The Balaban J connectivity index is 1.91. The van der Waals surface area contributed by atoms with Crippen molar-refractivity contribution in [3.8, 4) is 11.4 Å². The zero-order valence-corrected chi connectivity index (χ0v) is 13.2. The van der Waals surface area contributed by atoms with Gasteiger partial charge in [0.1, 0.15) is 0 Å². The van der Waals surface area contributed by atoms with Crippen LogP contribution in [-0.2, 0) is 0 Å². The van der Waals surface area contributed by atoms with E-state index in [-0.39, 0.29) is 0 Å². The summed E-state index contributed by atoms with van der Waals surface area (Å²) in [6.07, 6.45) is 3.68. The number of hydrogen-bond acceptors (Lipinski definition) is 3. The lowest BCUT2D eigenvalue weighted by atomic mass is 10.2. The lowest BCUT2D eigenvalue weighted by Crippen LogP contribution is -2.08. The summed E-state index contributed by atoms with van der Waals surface area (Å²) in [5.74, 6) is 2.17. The van der Waals surface area contributed by atoms with E-state index in [1.807, 2.05) is 18.2 Å². The Kier molecular flexibility index (Phi) is 4.27. The first kappa shape index (κ1) is 13.9. The first-order valence-electron chi connectivity index (χ1n) is 7.13. The minimum atomic E-state index is 0.487. The van der Waals surface area contributed by atoms with Gasteiger partial charge in [-0.25, -0.2) is 0 Å². The molecule has 106 valence electrons. The fourth-order valence-electron chi connectivity index (χ4n) is 2.97. The molecule has 2 unspecified atom stereocenters. The lowest BCUT2D eigenvalue weighted by molar-refractivity contribution is 0.517. The first-order chi connectivity index (χ1) is 9.79. The molecule has 0 spiro atoms. The normalized spacial score (nSPS) is 22.2. The van der Waals surface area contributed by atoms with E-state index in [0.29, 0.717) is 6.04 Å². The zero-order valence-electron chi connectivity index (χ0n) is 11.6. The molecular formula is C15H19N3S2. The molecule has 1 aliphatic rings. The average molecular weight is 305 g/mol. The minimum Gasteiger partial charge on any atom is -0.297 e. The summed E-state index contributed by atoms with van der Waals surface area (Å²) in [5.41, 5.74) is 1.13. The highest BCUT2D eigenvalue weighted by molar-refractivity contribution is 7.99. The summed E-state index contributed by atoms with van der Waals surface area (Å²) in [4.78, 5) is 0. The molecule has 1 heterocycles. The summed E-state index contributed by atoms with van der Waals surface area (Å²) in [6, 6.07) is 10.8. The van der Waals surface area contributed by atoms with Crippen molar-refractivity contribution in [1.29, 1.82) is 0 Å². The van der Waals surface area contributed by atoms with Crippen molar-refractivity contribution in [2.24, 2.45) is 0 Å². The van der Waals surface area contributed by atoms with Gasteiger partial charge in [-0.15, -0.1) is 0 Å². The Bertz CT molecular complexity index is 618. The van der Waals surface area contributed by atoms with Gasteiger partial charge in [0.05, 0.1) is 0 Å². The second kappa shape index (κ2) is 6.14. The van der Waals surface area contributed by atoms with Gasteiger partial charge in [-0.2, -0.15) is 16.9 Å². The van der Waals surface area contributed by atoms with Crippen LogP contribution in [-0.4, -0.2) is 25.8 Å². The van der Waals surface area contributed by atoms with Crippen LogP contribution in [0.3, 0.4) is 0 Å². The molecule has 5 heteroatoms. The number of H-pyrrole nitrogens is 1. The monoisotopic (exact) mass is 305 g/mol. The molecule has 3 rings (SSSR count). The fraction of sp³-hybridized carbons (Fsp3) is 0.467. The fourth-order valence-corrected chi connectivity index (χ4v) is 4.39. The van der Waals surface area contributed by atoms with E-state index in [4.69, 9.17) is 12.2 Å². The molecule has 2 atom stereocenters. The highest BCUT2D eigenvalue weighted by Gasteiger charge is 2.28. The number of aromatic nitrogens is 3. The van der Waals surface area contributed by atoms with Crippen LogP contribution in [0.1, 0.15) is 32.2 Å². The van der Waals surface area contributed by atoms with Gasteiger partial charge in [0.25, 0.3) is 0 Å². The van der Waals surface area contributed by atoms with E-state index in [1.54, 1.807) is 0 Å². The average Bonchev–Trinajstić information content (AvgIpc) is 3.07. The second-order valence-corrected chi connectivity index (χ2v) is 7.10. The van der Waals surface area contributed by atoms with E-state index in [0.717, 1.165) is 21.4 Å². The summed E-state index contributed by atoms with van der Waals surface area (Å²) < 4.78 is 2.97. The number of benzene rings is 1. The molecule has 3 nitrogen and oxygen atoms in total. The van der Waals surface area contributed by atoms with Crippen LogP contribution < -0.4 is 0 Å². The highest BCUT2D eigenvalue weighted by atomic mass is 32.2. The second-order valence-electron chi connectivity index (χ2n) is 5.13. The van der Waals surface area contributed by atoms with Crippen LogP contribution >= 0.6 is 24.0 Å². The molecule has 1 saturated carbocycles. The van der Waals surface area contributed by atoms with Crippen molar-refractivity contribution in [3.63, 3.8) is 0 Å². The molecule has 0 aliphatic heterocycles. The van der Waals surface area contributed by atoms with E-state index in [2.05, 4.69) is 45.6 Å². The summed E-state index contributed by atoms with van der Waals surface area (Å²) in [5, 5.41) is 8.18. The third kappa shape index (κ3) is 2.69. The zero-order chi connectivity index (χ0) is 13.9. The summed E-state index contributed by atoms with van der Waals surface area (Å²) in [6.45, 7) is 2.23. The van der Waals surface area contributed by atoms with Gasteiger partial charge in [-0.3, -0.25) is 9.67 Å². The number of nitrogens with one attached hydrogen (secondary N) is 1. The maximum absolute atomic E-state index is 5.45. The SMILES string of the molecule is CCSC1CCC(n2c(-c3ccccc3)n[nH]c2=S)C1. The maximum atomic E-state index is 5.45. The van der Waals surface area contributed by atoms with Crippen molar-refractivity contribution in [2.75, 3.05) is 5.75 Å². The van der Waals surface area contributed by atoms with Crippen LogP contribution in [0.25, 0.3) is 11.4 Å². The van der Waals surface area contributed by atoms with Gasteiger partial charge in [0.15, 0.2) is 10.6 Å². The van der Waals surface area contributed by atoms with Crippen LogP contribution in [0.4, 0.5) is 0 Å². The molecule has 0 saturated heterocycles. The predicted molar refractivity (Wildman–Crippen MR) is 87.7 cm³/mol. The van der Waals surface area contributed by atoms with Crippen LogP contribution in [0.15, 0.2) is 30.3 Å². The number of thioether (sulfide) groups is 1. The van der Waals surface area contributed by atoms with Gasteiger partial charge in [-0.05, 0) is 37.2 Å². The Morgan fingerprint density at radius 3 is 2.90 bits per heavy atom. The first-order valence-corrected chi connectivity index (χ1v) is 8.59. The van der Waals surface area contributed by atoms with E-state index >= 15 is 0 Å². The number of aromatic amines is 1. The molecule has 0 amide bonds. The third-order valence-corrected chi connectivity index (χ3v) is 5.38. The van der Waals surface area contributed by atoms with E-state index in [1.165, 1.54) is 25.0 Å². The molecule has 20 heavy (non-hydrogen) atoms.